The Labute approximate surface area is 102 Å². The number of nitrogens with one attached hydrogen (secondary N) is 1. The van der Waals surface area contributed by atoms with Crippen LogP contribution in [0, 0.1) is 0 Å². The molecule has 0 aliphatic carbocycles. The van der Waals surface area contributed by atoms with Crippen LogP contribution in [0.3, 0.4) is 0 Å². The number of rotatable bonds is 3. The van der Waals surface area contributed by atoms with E-state index in [4.69, 9.17) is 4.43 Å². The van der Waals surface area contributed by atoms with Crippen molar-refractivity contribution in [2.24, 2.45) is 0 Å². The smallest absolute Gasteiger partial charge is 0.192 e. The highest BCUT2D eigenvalue weighted by Crippen LogP contribution is 2.38. The lowest BCUT2D eigenvalue weighted by Gasteiger charge is -2.43. The average Bonchev–Trinajstić information content (AvgIpc) is 2.16. The second-order valence-corrected chi connectivity index (χ2v) is 11.3. The van der Waals surface area contributed by atoms with E-state index in [0.717, 1.165) is 6.54 Å². The van der Waals surface area contributed by atoms with Gasteiger partial charge in [-0.1, -0.05) is 27.7 Å². The van der Waals surface area contributed by atoms with Crippen molar-refractivity contribution in [1.82, 2.24) is 5.32 Å². The van der Waals surface area contributed by atoms with E-state index in [-0.39, 0.29) is 0 Å². The molecule has 0 saturated carbocycles. The Kier molecular flexibility index (Phi) is 4.61. The first kappa shape index (κ1) is 14.2. The van der Waals surface area contributed by atoms with Crippen molar-refractivity contribution in [3.05, 3.63) is 0 Å². The van der Waals surface area contributed by atoms with Gasteiger partial charge in [-0.15, -0.1) is 0 Å². The molecular formula is C13H29NOSi. The van der Waals surface area contributed by atoms with Gasteiger partial charge in [-0.05, 0) is 43.9 Å². The normalized spacial score (nSPS) is 28.1. The van der Waals surface area contributed by atoms with Gasteiger partial charge in [0.2, 0.25) is 0 Å². The quantitative estimate of drug-likeness (QED) is 0.766. The predicted molar refractivity (Wildman–Crippen MR) is 73.4 cm³/mol. The number of piperidine rings is 1. The summed E-state index contributed by atoms with van der Waals surface area (Å²) in [5.74, 6) is 0. The van der Waals surface area contributed by atoms with Crippen LogP contribution in [0.1, 0.15) is 47.0 Å². The molecule has 0 aromatic rings. The van der Waals surface area contributed by atoms with Crippen LogP contribution in [-0.2, 0) is 4.43 Å². The van der Waals surface area contributed by atoms with Crippen LogP contribution in [-0.4, -0.2) is 27.0 Å². The predicted octanol–water partition coefficient (Wildman–Crippen LogP) is 3.54. The van der Waals surface area contributed by atoms with E-state index in [2.05, 4.69) is 46.1 Å². The molecule has 0 aromatic carbocycles. The largest absolute Gasteiger partial charge is 0.412 e. The fraction of sp³-hybridized carbons (Fsp3) is 1.00. The second-order valence-electron chi connectivity index (χ2n) is 6.53. The minimum Gasteiger partial charge on any atom is -0.412 e. The summed E-state index contributed by atoms with van der Waals surface area (Å²) in [5.41, 5.74) is 0. The second kappa shape index (κ2) is 5.19. The Hall–Kier alpha value is 0.137. The molecule has 16 heavy (non-hydrogen) atoms. The highest BCUT2D eigenvalue weighted by molar-refractivity contribution is 6.74. The summed E-state index contributed by atoms with van der Waals surface area (Å²) in [7, 11) is -1.59. The van der Waals surface area contributed by atoms with Gasteiger partial charge in [0.15, 0.2) is 8.32 Å². The van der Waals surface area contributed by atoms with Crippen molar-refractivity contribution in [2.75, 3.05) is 6.54 Å². The summed E-state index contributed by atoms with van der Waals surface area (Å²) in [5, 5.41) is 3.91. The molecule has 1 aliphatic rings. The molecule has 2 atom stereocenters. The molecule has 0 radical (unpaired) electrons. The van der Waals surface area contributed by atoms with Crippen LogP contribution in [0.4, 0.5) is 0 Å². The molecule has 1 fully saturated rings. The van der Waals surface area contributed by atoms with Crippen molar-refractivity contribution >= 4 is 8.32 Å². The van der Waals surface area contributed by atoms with Crippen molar-refractivity contribution in [3.63, 3.8) is 0 Å². The van der Waals surface area contributed by atoms with Crippen molar-refractivity contribution in [1.29, 1.82) is 0 Å². The van der Waals surface area contributed by atoms with Crippen LogP contribution in [0.2, 0.25) is 18.1 Å². The first-order valence-corrected chi connectivity index (χ1v) is 9.60. The van der Waals surface area contributed by atoms with E-state index in [1.165, 1.54) is 19.3 Å². The lowest BCUT2D eigenvalue weighted by atomic mass is 10.00. The zero-order valence-electron chi connectivity index (χ0n) is 11.9. The number of hydrogen-bond acceptors (Lipinski definition) is 2. The molecular weight excluding hydrogens is 214 g/mol. The first-order valence-electron chi connectivity index (χ1n) is 6.69. The zero-order valence-corrected chi connectivity index (χ0v) is 12.9. The monoisotopic (exact) mass is 243 g/mol. The van der Waals surface area contributed by atoms with Crippen LogP contribution in [0.15, 0.2) is 0 Å². The Balaban J connectivity index is 2.64. The average molecular weight is 243 g/mol. The van der Waals surface area contributed by atoms with Gasteiger partial charge >= 0.3 is 0 Å². The van der Waals surface area contributed by atoms with Gasteiger partial charge < -0.3 is 9.74 Å². The molecule has 0 unspecified atom stereocenters. The molecule has 0 aromatic heterocycles. The van der Waals surface area contributed by atoms with Crippen LogP contribution in [0.25, 0.3) is 0 Å². The molecule has 0 amide bonds. The summed E-state index contributed by atoms with van der Waals surface area (Å²) in [4.78, 5) is 0. The third-order valence-electron chi connectivity index (χ3n) is 4.21. The Morgan fingerprint density at radius 3 is 2.44 bits per heavy atom. The molecule has 1 rings (SSSR count). The molecule has 3 heteroatoms. The van der Waals surface area contributed by atoms with Gasteiger partial charge in [0.1, 0.15) is 0 Å². The van der Waals surface area contributed by atoms with Gasteiger partial charge in [-0.2, -0.15) is 0 Å². The van der Waals surface area contributed by atoms with E-state index in [9.17, 15) is 0 Å². The summed E-state index contributed by atoms with van der Waals surface area (Å²) in [6.45, 7) is 15.1. The minimum absolute atomic E-state index is 0.322. The molecule has 0 bridgehead atoms. The summed E-state index contributed by atoms with van der Waals surface area (Å²) >= 11 is 0. The highest BCUT2D eigenvalue weighted by Gasteiger charge is 2.40. The maximum Gasteiger partial charge on any atom is 0.192 e. The molecule has 2 nitrogen and oxygen atoms in total. The lowest BCUT2D eigenvalue weighted by Crippen LogP contribution is -2.52. The SMILES string of the molecule is CC[C@@H]1NCCC[C@H]1O[Si](C)(C)C(C)(C)C. The van der Waals surface area contributed by atoms with E-state index in [1.807, 2.05) is 0 Å². The Bertz CT molecular complexity index is 222. The summed E-state index contributed by atoms with van der Waals surface area (Å²) in [6, 6.07) is 0.572. The molecule has 1 N–H and O–H groups in total. The minimum atomic E-state index is -1.59. The van der Waals surface area contributed by atoms with Crippen molar-refractivity contribution < 1.29 is 4.43 Å². The molecule has 1 aliphatic heterocycles. The van der Waals surface area contributed by atoms with Crippen LogP contribution < -0.4 is 5.32 Å². The molecule has 1 heterocycles. The van der Waals surface area contributed by atoms with Crippen molar-refractivity contribution in [2.45, 2.75) is 77.2 Å². The molecule has 1 saturated heterocycles. The van der Waals surface area contributed by atoms with E-state index >= 15 is 0 Å². The molecule has 96 valence electrons. The first-order chi connectivity index (χ1) is 7.28. The van der Waals surface area contributed by atoms with E-state index in [0.29, 0.717) is 17.2 Å². The Morgan fingerprint density at radius 1 is 1.31 bits per heavy atom. The lowest BCUT2D eigenvalue weighted by molar-refractivity contribution is 0.103. The van der Waals surface area contributed by atoms with Crippen molar-refractivity contribution in [3.8, 4) is 0 Å². The van der Waals surface area contributed by atoms with Gasteiger partial charge in [0.05, 0.1) is 6.10 Å². The van der Waals surface area contributed by atoms with E-state index in [1.54, 1.807) is 0 Å². The fourth-order valence-corrected chi connectivity index (χ4v) is 3.42. The third-order valence-corrected chi connectivity index (χ3v) is 8.72. The maximum atomic E-state index is 6.52. The van der Waals surface area contributed by atoms with Crippen LogP contribution >= 0.6 is 0 Å². The highest BCUT2D eigenvalue weighted by atomic mass is 28.4. The summed E-state index contributed by atoms with van der Waals surface area (Å²) < 4.78 is 6.52. The fourth-order valence-electron chi connectivity index (χ4n) is 2.03. The standard InChI is InChI=1S/C13H29NOSi/c1-7-11-12(9-8-10-14-11)15-16(5,6)13(2,3)4/h11-12,14H,7-10H2,1-6H3/t11-,12+/m0/s1. The molecule has 0 spiro atoms. The van der Waals surface area contributed by atoms with Gasteiger partial charge in [0, 0.05) is 6.04 Å². The maximum absolute atomic E-state index is 6.52. The zero-order chi connectivity index (χ0) is 12.4. The van der Waals surface area contributed by atoms with Gasteiger partial charge in [-0.3, -0.25) is 0 Å². The van der Waals surface area contributed by atoms with E-state index < -0.39 is 8.32 Å². The van der Waals surface area contributed by atoms with Gasteiger partial charge in [-0.25, -0.2) is 0 Å². The van der Waals surface area contributed by atoms with Crippen LogP contribution in [0.5, 0.6) is 0 Å². The third kappa shape index (κ3) is 3.31. The number of hydrogen-bond donors (Lipinski definition) is 1. The summed E-state index contributed by atoms with van der Waals surface area (Å²) in [6.07, 6.45) is 4.12. The van der Waals surface area contributed by atoms with Gasteiger partial charge in [0.25, 0.3) is 0 Å². The Morgan fingerprint density at radius 2 is 1.94 bits per heavy atom. The topological polar surface area (TPSA) is 21.3 Å².